The number of ketones is 1. The van der Waals surface area contributed by atoms with Gasteiger partial charge < -0.3 is 4.90 Å². The van der Waals surface area contributed by atoms with E-state index in [-0.39, 0.29) is 11.7 Å². The van der Waals surface area contributed by atoms with Crippen molar-refractivity contribution in [2.24, 2.45) is 0 Å². The lowest BCUT2D eigenvalue weighted by atomic mass is 10.1. The average molecular weight is 251 g/mol. The number of carbonyl (C=O) groups excluding carboxylic acids is 2. The summed E-state index contributed by atoms with van der Waals surface area (Å²) in [6.45, 7) is 1.08. The molecule has 1 fully saturated rings. The average Bonchev–Trinajstić information content (AvgIpc) is 2.82. The first-order valence-corrected chi connectivity index (χ1v) is 6.95. The number of carbonyl (C=O) groups is 2. The Hall–Kier alpha value is -1.16. The van der Waals surface area contributed by atoms with E-state index in [0.29, 0.717) is 19.4 Å². The maximum Gasteiger partial charge on any atom is 0.222 e. The molecule has 92 valence electrons. The summed E-state index contributed by atoms with van der Waals surface area (Å²) >= 11 is 1.73. The van der Waals surface area contributed by atoms with Gasteiger partial charge in [0.05, 0.1) is 6.54 Å². The standard InChI is InChI=1S/C13H17NO2S/c15-11-4-2-8-14(10-11)13(16)7-1-5-12-6-3-9-17-12/h3,6,9H,1-2,4-5,7-8,10H2. The molecule has 1 saturated heterocycles. The van der Waals surface area contributed by atoms with Crippen molar-refractivity contribution in [1.82, 2.24) is 4.90 Å². The summed E-state index contributed by atoms with van der Waals surface area (Å²) < 4.78 is 0. The van der Waals surface area contributed by atoms with Crippen LogP contribution < -0.4 is 0 Å². The topological polar surface area (TPSA) is 37.4 Å². The van der Waals surface area contributed by atoms with Crippen LogP contribution in [0.4, 0.5) is 0 Å². The molecule has 3 nitrogen and oxygen atoms in total. The van der Waals surface area contributed by atoms with E-state index >= 15 is 0 Å². The molecule has 1 amide bonds. The molecule has 0 N–H and O–H groups in total. The molecule has 2 rings (SSSR count). The third-order valence-electron chi connectivity index (χ3n) is 3.00. The van der Waals surface area contributed by atoms with Crippen molar-refractivity contribution in [2.75, 3.05) is 13.1 Å². The fourth-order valence-electron chi connectivity index (χ4n) is 2.08. The molecule has 1 aliphatic heterocycles. The van der Waals surface area contributed by atoms with Crippen LogP contribution in [0, 0.1) is 0 Å². The highest BCUT2D eigenvalue weighted by Gasteiger charge is 2.20. The van der Waals surface area contributed by atoms with Gasteiger partial charge in [0.1, 0.15) is 0 Å². The molecule has 0 atom stereocenters. The van der Waals surface area contributed by atoms with E-state index in [9.17, 15) is 9.59 Å². The van der Waals surface area contributed by atoms with Gasteiger partial charge in [-0.05, 0) is 30.7 Å². The Morgan fingerprint density at radius 1 is 1.47 bits per heavy atom. The maximum atomic E-state index is 11.8. The Morgan fingerprint density at radius 2 is 2.35 bits per heavy atom. The van der Waals surface area contributed by atoms with Gasteiger partial charge in [-0.25, -0.2) is 0 Å². The van der Waals surface area contributed by atoms with Gasteiger partial charge in [0.25, 0.3) is 0 Å². The van der Waals surface area contributed by atoms with E-state index in [1.54, 1.807) is 16.2 Å². The predicted molar refractivity (Wildman–Crippen MR) is 68.1 cm³/mol. The number of nitrogens with zero attached hydrogens (tertiary/aromatic N) is 1. The van der Waals surface area contributed by atoms with Crippen LogP contribution in [-0.4, -0.2) is 29.7 Å². The quantitative estimate of drug-likeness (QED) is 0.823. The fraction of sp³-hybridized carbons (Fsp3) is 0.538. The van der Waals surface area contributed by atoms with Crippen molar-refractivity contribution in [3.05, 3.63) is 22.4 Å². The predicted octanol–water partition coefficient (Wildman–Crippen LogP) is 2.26. The molecule has 1 aliphatic rings. The van der Waals surface area contributed by atoms with Crippen LogP contribution in [0.15, 0.2) is 17.5 Å². The van der Waals surface area contributed by atoms with Gasteiger partial charge in [-0.15, -0.1) is 11.3 Å². The largest absolute Gasteiger partial charge is 0.335 e. The molecule has 0 radical (unpaired) electrons. The smallest absolute Gasteiger partial charge is 0.222 e. The fourth-order valence-corrected chi connectivity index (χ4v) is 2.83. The summed E-state index contributed by atoms with van der Waals surface area (Å²) in [5, 5.41) is 2.06. The number of Topliss-reactive ketones (excluding diaryl/α,β-unsaturated/α-hetero) is 1. The summed E-state index contributed by atoms with van der Waals surface area (Å²) in [4.78, 5) is 26.1. The van der Waals surface area contributed by atoms with Crippen molar-refractivity contribution in [2.45, 2.75) is 32.1 Å². The molecule has 1 aromatic rings. The molecule has 4 heteroatoms. The van der Waals surface area contributed by atoms with Crippen LogP contribution in [0.5, 0.6) is 0 Å². The highest BCUT2D eigenvalue weighted by molar-refractivity contribution is 7.09. The van der Waals surface area contributed by atoms with Crippen LogP contribution in [0.1, 0.15) is 30.6 Å². The third kappa shape index (κ3) is 3.66. The summed E-state index contributed by atoms with van der Waals surface area (Å²) in [7, 11) is 0. The second kappa shape index (κ2) is 5.96. The van der Waals surface area contributed by atoms with Crippen molar-refractivity contribution in [3.8, 4) is 0 Å². The molecule has 0 aromatic carbocycles. The molecule has 0 aliphatic carbocycles. The number of hydrogen-bond donors (Lipinski definition) is 0. The van der Waals surface area contributed by atoms with Crippen LogP contribution in [0.2, 0.25) is 0 Å². The highest BCUT2D eigenvalue weighted by Crippen LogP contribution is 2.13. The first kappa shape index (κ1) is 12.3. The normalized spacial score (nSPS) is 16.2. The number of aryl methyl sites for hydroxylation is 1. The number of rotatable bonds is 4. The summed E-state index contributed by atoms with van der Waals surface area (Å²) in [6.07, 6.45) is 3.87. The second-order valence-corrected chi connectivity index (χ2v) is 5.42. The molecule has 17 heavy (non-hydrogen) atoms. The van der Waals surface area contributed by atoms with Crippen molar-refractivity contribution < 1.29 is 9.59 Å². The van der Waals surface area contributed by atoms with Crippen LogP contribution in [0.3, 0.4) is 0 Å². The monoisotopic (exact) mass is 251 g/mol. The minimum atomic E-state index is 0.134. The van der Waals surface area contributed by atoms with Crippen LogP contribution >= 0.6 is 11.3 Å². The Morgan fingerprint density at radius 3 is 3.06 bits per heavy atom. The molecule has 2 heterocycles. The Kier molecular flexibility index (Phi) is 4.31. The highest BCUT2D eigenvalue weighted by atomic mass is 32.1. The number of likely N-dealkylation sites (tertiary alicyclic amines) is 1. The lowest BCUT2D eigenvalue weighted by molar-refractivity contribution is -0.137. The number of hydrogen-bond acceptors (Lipinski definition) is 3. The lowest BCUT2D eigenvalue weighted by Gasteiger charge is -2.25. The molecular weight excluding hydrogens is 234 g/mol. The Labute approximate surface area is 105 Å². The summed E-state index contributed by atoms with van der Waals surface area (Å²) in [6, 6.07) is 4.13. The van der Waals surface area contributed by atoms with E-state index in [4.69, 9.17) is 0 Å². The van der Waals surface area contributed by atoms with Crippen LogP contribution in [-0.2, 0) is 16.0 Å². The minimum absolute atomic E-state index is 0.134. The van der Waals surface area contributed by atoms with Crippen molar-refractivity contribution in [3.63, 3.8) is 0 Å². The SMILES string of the molecule is O=C1CCCN(C(=O)CCCc2cccs2)C1. The third-order valence-corrected chi connectivity index (χ3v) is 3.93. The van der Waals surface area contributed by atoms with E-state index in [2.05, 4.69) is 11.4 Å². The van der Waals surface area contributed by atoms with Crippen molar-refractivity contribution in [1.29, 1.82) is 0 Å². The van der Waals surface area contributed by atoms with E-state index in [0.717, 1.165) is 25.8 Å². The molecule has 0 unspecified atom stereocenters. The van der Waals surface area contributed by atoms with Gasteiger partial charge in [0, 0.05) is 24.3 Å². The first-order valence-electron chi connectivity index (χ1n) is 6.07. The van der Waals surface area contributed by atoms with Gasteiger partial charge in [-0.3, -0.25) is 9.59 Å². The molecular formula is C13H17NO2S. The number of thiophene rings is 1. The second-order valence-electron chi connectivity index (χ2n) is 4.39. The van der Waals surface area contributed by atoms with Gasteiger partial charge in [0.15, 0.2) is 5.78 Å². The van der Waals surface area contributed by atoms with E-state index < -0.39 is 0 Å². The first-order chi connectivity index (χ1) is 8.25. The number of amides is 1. The zero-order valence-corrected chi connectivity index (χ0v) is 10.7. The summed E-state index contributed by atoms with van der Waals surface area (Å²) in [5.74, 6) is 0.331. The maximum absolute atomic E-state index is 11.8. The number of piperidine rings is 1. The molecule has 0 saturated carbocycles. The van der Waals surface area contributed by atoms with Gasteiger partial charge >= 0.3 is 0 Å². The zero-order chi connectivity index (χ0) is 12.1. The van der Waals surface area contributed by atoms with E-state index in [1.165, 1.54) is 4.88 Å². The lowest BCUT2D eigenvalue weighted by Crippen LogP contribution is -2.40. The molecule has 0 spiro atoms. The molecule has 1 aromatic heterocycles. The van der Waals surface area contributed by atoms with Crippen molar-refractivity contribution >= 4 is 23.0 Å². The van der Waals surface area contributed by atoms with Crippen LogP contribution in [0.25, 0.3) is 0 Å². The van der Waals surface area contributed by atoms with Gasteiger partial charge in [-0.2, -0.15) is 0 Å². The van der Waals surface area contributed by atoms with Gasteiger partial charge in [0.2, 0.25) is 5.91 Å². The summed E-state index contributed by atoms with van der Waals surface area (Å²) in [5.41, 5.74) is 0. The van der Waals surface area contributed by atoms with Gasteiger partial charge in [-0.1, -0.05) is 6.07 Å². The zero-order valence-electron chi connectivity index (χ0n) is 9.85. The minimum Gasteiger partial charge on any atom is -0.335 e. The molecule has 0 bridgehead atoms. The Bertz CT molecular complexity index is 386. The van der Waals surface area contributed by atoms with E-state index in [1.807, 2.05) is 6.07 Å². The Balaban J connectivity index is 1.71.